The molecule has 1 aromatic rings. The van der Waals surface area contributed by atoms with Gasteiger partial charge in [-0.2, -0.15) is 4.31 Å². The van der Waals surface area contributed by atoms with Crippen molar-refractivity contribution >= 4 is 15.8 Å². The largest absolute Gasteiger partial charge is 0.379 e. The Bertz CT molecular complexity index is 791. The minimum absolute atomic E-state index is 0.175. The van der Waals surface area contributed by atoms with Crippen LogP contribution < -0.4 is 0 Å². The molecule has 8 heteroatoms. The number of pyridine rings is 1. The standard InChI is InChI=1S/C25H41N3O4S/c29-25(13-12-23-8-6-14-26-22-23)11-2-1-5-21-33(30,31)28(24-9-3-4-10-24)16-7-15-27-17-19-32-20-18-27/h6,8,14,22,24H,1-5,7,9-13,15-21H2. The Hall–Kier alpha value is -1.35. The normalized spacial score (nSPS) is 18.2. The zero-order valence-corrected chi connectivity index (χ0v) is 20.8. The molecule has 7 nitrogen and oxygen atoms in total. The molecule has 0 atom stereocenters. The number of carbonyl (C=O) groups is 1. The van der Waals surface area contributed by atoms with Crippen molar-refractivity contribution in [1.29, 1.82) is 0 Å². The highest BCUT2D eigenvalue weighted by Crippen LogP contribution is 2.26. The zero-order valence-electron chi connectivity index (χ0n) is 20.0. The van der Waals surface area contributed by atoms with E-state index in [1.165, 1.54) is 0 Å². The molecule has 186 valence electrons. The predicted molar refractivity (Wildman–Crippen MR) is 131 cm³/mol. The molecule has 0 unspecified atom stereocenters. The predicted octanol–water partition coefficient (Wildman–Crippen LogP) is 3.44. The van der Waals surface area contributed by atoms with E-state index in [0.717, 1.165) is 89.8 Å². The summed E-state index contributed by atoms with van der Waals surface area (Å²) in [5.74, 6) is 0.447. The maximum Gasteiger partial charge on any atom is 0.214 e. The molecule has 2 fully saturated rings. The summed E-state index contributed by atoms with van der Waals surface area (Å²) in [6.45, 7) is 4.99. The van der Waals surface area contributed by atoms with Gasteiger partial charge in [0.15, 0.2) is 0 Å². The maximum absolute atomic E-state index is 13.2. The number of hydrogen-bond acceptors (Lipinski definition) is 6. The molecular weight excluding hydrogens is 438 g/mol. The number of aryl methyl sites for hydroxylation is 1. The summed E-state index contributed by atoms with van der Waals surface area (Å²) in [5.41, 5.74) is 1.08. The second kappa shape index (κ2) is 14.1. The minimum Gasteiger partial charge on any atom is -0.379 e. The number of Topliss-reactive ketones (excluding diaryl/α,β-unsaturated/α-hetero) is 1. The highest BCUT2D eigenvalue weighted by molar-refractivity contribution is 7.89. The third-order valence-electron chi connectivity index (χ3n) is 6.82. The summed E-state index contributed by atoms with van der Waals surface area (Å²) in [6, 6.07) is 4.05. The Labute approximate surface area is 199 Å². The first-order valence-electron chi connectivity index (χ1n) is 12.7. The van der Waals surface area contributed by atoms with Gasteiger partial charge in [0, 0.05) is 50.9 Å². The SMILES string of the molecule is O=C(CCCCCS(=O)(=O)N(CCCN1CCOCC1)C1CCCC1)CCc1cccnc1. The molecule has 0 amide bonds. The average molecular weight is 480 g/mol. The van der Waals surface area contributed by atoms with Crippen molar-refractivity contribution in [3.63, 3.8) is 0 Å². The molecule has 0 N–H and O–H groups in total. The van der Waals surface area contributed by atoms with Gasteiger partial charge in [0.05, 0.1) is 19.0 Å². The first-order valence-corrected chi connectivity index (χ1v) is 14.4. The van der Waals surface area contributed by atoms with Gasteiger partial charge in [0.1, 0.15) is 5.78 Å². The van der Waals surface area contributed by atoms with Crippen molar-refractivity contribution in [3.8, 4) is 0 Å². The quantitative estimate of drug-likeness (QED) is 0.359. The van der Waals surface area contributed by atoms with Crippen LogP contribution >= 0.6 is 0 Å². The summed E-state index contributed by atoms with van der Waals surface area (Å²) in [7, 11) is -3.26. The molecule has 2 heterocycles. The van der Waals surface area contributed by atoms with Gasteiger partial charge >= 0.3 is 0 Å². The number of ether oxygens (including phenoxy) is 1. The highest BCUT2D eigenvalue weighted by atomic mass is 32.2. The van der Waals surface area contributed by atoms with Crippen molar-refractivity contribution in [1.82, 2.24) is 14.2 Å². The van der Waals surface area contributed by atoms with E-state index in [2.05, 4.69) is 9.88 Å². The number of rotatable bonds is 15. The zero-order chi connectivity index (χ0) is 23.4. The molecule has 3 rings (SSSR count). The lowest BCUT2D eigenvalue weighted by atomic mass is 10.1. The Kier molecular flexibility index (Phi) is 11.3. The number of unbranched alkanes of at least 4 members (excludes halogenated alkanes) is 2. The van der Waals surface area contributed by atoms with Crippen LogP contribution in [0.1, 0.15) is 69.8 Å². The summed E-state index contributed by atoms with van der Waals surface area (Å²) >= 11 is 0. The van der Waals surface area contributed by atoms with Gasteiger partial charge in [0.25, 0.3) is 0 Å². The minimum atomic E-state index is -3.26. The third-order valence-corrected chi connectivity index (χ3v) is 8.82. The fraction of sp³-hybridized carbons (Fsp3) is 0.760. The molecule has 2 aliphatic rings. The molecule has 0 radical (unpaired) electrons. The number of ketones is 1. The lowest BCUT2D eigenvalue weighted by molar-refractivity contribution is -0.119. The van der Waals surface area contributed by atoms with Gasteiger partial charge in [-0.3, -0.25) is 14.7 Å². The second-order valence-electron chi connectivity index (χ2n) is 9.38. The Morgan fingerprint density at radius 1 is 1.09 bits per heavy atom. The van der Waals surface area contributed by atoms with E-state index in [1.807, 2.05) is 16.4 Å². The third kappa shape index (κ3) is 9.43. The van der Waals surface area contributed by atoms with E-state index in [1.54, 1.807) is 12.4 Å². The maximum atomic E-state index is 13.2. The molecule has 1 saturated carbocycles. The molecular formula is C25H41N3O4S. The van der Waals surface area contributed by atoms with E-state index < -0.39 is 10.0 Å². The molecule has 0 bridgehead atoms. The van der Waals surface area contributed by atoms with Crippen molar-refractivity contribution in [2.75, 3.05) is 45.1 Å². The van der Waals surface area contributed by atoms with Gasteiger partial charge in [-0.15, -0.1) is 0 Å². The molecule has 0 spiro atoms. The topological polar surface area (TPSA) is 79.8 Å². The fourth-order valence-corrected chi connectivity index (χ4v) is 6.75. The molecule has 1 aliphatic carbocycles. The number of nitrogens with zero attached hydrogens (tertiary/aromatic N) is 3. The van der Waals surface area contributed by atoms with Crippen LogP contribution in [-0.4, -0.2) is 79.6 Å². The summed E-state index contributed by atoms with van der Waals surface area (Å²) in [4.78, 5) is 18.6. The number of sulfonamides is 1. The van der Waals surface area contributed by atoms with Gasteiger partial charge < -0.3 is 4.74 Å². The number of aromatic nitrogens is 1. The van der Waals surface area contributed by atoms with E-state index >= 15 is 0 Å². The lowest BCUT2D eigenvalue weighted by Gasteiger charge is -2.30. The van der Waals surface area contributed by atoms with Gasteiger partial charge in [-0.05, 0) is 56.7 Å². The van der Waals surface area contributed by atoms with Crippen LogP contribution in [0, 0.1) is 0 Å². The lowest BCUT2D eigenvalue weighted by Crippen LogP contribution is -2.43. The van der Waals surface area contributed by atoms with Crippen LogP contribution in [0.5, 0.6) is 0 Å². The number of carbonyl (C=O) groups excluding carboxylic acids is 1. The van der Waals surface area contributed by atoms with Crippen LogP contribution in [0.15, 0.2) is 24.5 Å². The van der Waals surface area contributed by atoms with Crippen molar-refractivity contribution in [2.24, 2.45) is 0 Å². The van der Waals surface area contributed by atoms with E-state index in [4.69, 9.17) is 4.74 Å². The highest BCUT2D eigenvalue weighted by Gasteiger charge is 2.31. The van der Waals surface area contributed by atoms with Crippen LogP contribution in [0.4, 0.5) is 0 Å². The van der Waals surface area contributed by atoms with Crippen molar-refractivity contribution in [3.05, 3.63) is 30.1 Å². The van der Waals surface area contributed by atoms with Gasteiger partial charge in [-0.1, -0.05) is 25.3 Å². The smallest absolute Gasteiger partial charge is 0.214 e. The summed E-state index contributed by atoms with van der Waals surface area (Å²) < 4.78 is 33.6. The van der Waals surface area contributed by atoms with Crippen LogP contribution in [0.3, 0.4) is 0 Å². The van der Waals surface area contributed by atoms with Crippen LogP contribution in [0.25, 0.3) is 0 Å². The molecule has 33 heavy (non-hydrogen) atoms. The number of hydrogen-bond donors (Lipinski definition) is 0. The van der Waals surface area contributed by atoms with E-state index in [0.29, 0.717) is 25.8 Å². The molecule has 1 aliphatic heterocycles. The van der Waals surface area contributed by atoms with Gasteiger partial charge in [0.2, 0.25) is 10.0 Å². The first kappa shape index (κ1) is 26.3. The van der Waals surface area contributed by atoms with E-state index in [9.17, 15) is 13.2 Å². The van der Waals surface area contributed by atoms with Crippen LogP contribution in [-0.2, 0) is 26.0 Å². The van der Waals surface area contributed by atoms with E-state index in [-0.39, 0.29) is 17.6 Å². The fourth-order valence-electron chi connectivity index (χ4n) is 4.87. The molecule has 1 saturated heterocycles. The first-order chi connectivity index (χ1) is 16.0. The summed E-state index contributed by atoms with van der Waals surface area (Å²) in [6.07, 6.45) is 12.6. The van der Waals surface area contributed by atoms with Gasteiger partial charge in [-0.25, -0.2) is 8.42 Å². The Balaban J connectivity index is 1.36. The average Bonchev–Trinajstić information content (AvgIpc) is 3.36. The second-order valence-corrected chi connectivity index (χ2v) is 11.4. The molecule has 0 aromatic carbocycles. The monoisotopic (exact) mass is 479 g/mol. The Morgan fingerprint density at radius 2 is 1.88 bits per heavy atom. The van der Waals surface area contributed by atoms with Crippen LogP contribution in [0.2, 0.25) is 0 Å². The van der Waals surface area contributed by atoms with Crippen molar-refractivity contribution in [2.45, 2.75) is 76.7 Å². The Morgan fingerprint density at radius 3 is 2.61 bits per heavy atom. The molecule has 1 aromatic heterocycles. The summed E-state index contributed by atoms with van der Waals surface area (Å²) in [5, 5.41) is 0. The van der Waals surface area contributed by atoms with Crippen molar-refractivity contribution < 1.29 is 17.9 Å². The number of morpholine rings is 1.